The fourth-order valence-electron chi connectivity index (χ4n) is 3.61. The predicted octanol–water partition coefficient (Wildman–Crippen LogP) is 4.43. The molecule has 1 rings (SSSR count). The standard InChI is InChI=1S/C13H27N.C2H6/c1-11-7-12(2,3)9-14(6)10-13(4,5)8-11;1-2/h11H,7-10H2,1-6H3;1-2H3. The maximum Gasteiger partial charge on any atom is 0.00300 e. The Morgan fingerprint density at radius 1 is 0.875 bits per heavy atom. The Morgan fingerprint density at radius 3 is 1.50 bits per heavy atom. The first-order chi connectivity index (χ1) is 7.20. The van der Waals surface area contributed by atoms with E-state index < -0.39 is 0 Å². The molecule has 0 aromatic heterocycles. The number of rotatable bonds is 0. The summed E-state index contributed by atoms with van der Waals surface area (Å²) in [6.07, 6.45) is 2.72. The van der Waals surface area contributed by atoms with Crippen LogP contribution in [0, 0.1) is 16.7 Å². The average molecular weight is 227 g/mol. The smallest absolute Gasteiger partial charge is 0.00300 e. The Hall–Kier alpha value is -0.0400. The van der Waals surface area contributed by atoms with Crippen LogP contribution in [0.25, 0.3) is 0 Å². The fraction of sp³-hybridized carbons (Fsp3) is 1.00. The van der Waals surface area contributed by atoms with Crippen LogP contribution in [0.2, 0.25) is 0 Å². The Balaban J connectivity index is 0.00000106. The monoisotopic (exact) mass is 227 g/mol. The first-order valence-corrected chi connectivity index (χ1v) is 6.89. The van der Waals surface area contributed by atoms with Crippen molar-refractivity contribution in [2.45, 2.75) is 61.3 Å². The molecule has 1 fully saturated rings. The minimum atomic E-state index is 0.491. The molecule has 0 aliphatic carbocycles. The molecule has 0 unspecified atom stereocenters. The minimum absolute atomic E-state index is 0.491. The lowest BCUT2D eigenvalue weighted by atomic mass is 9.73. The summed E-state index contributed by atoms with van der Waals surface area (Å²) in [6.45, 7) is 18.5. The maximum absolute atomic E-state index is 2.51. The third-order valence-corrected chi connectivity index (χ3v) is 3.20. The Kier molecular flexibility index (Phi) is 6.03. The molecule has 98 valence electrons. The van der Waals surface area contributed by atoms with Crippen LogP contribution in [-0.4, -0.2) is 25.0 Å². The molecule has 1 aliphatic rings. The second kappa shape index (κ2) is 6.05. The summed E-state index contributed by atoms with van der Waals surface area (Å²) in [5, 5.41) is 0. The molecule has 0 atom stereocenters. The highest BCUT2D eigenvalue weighted by atomic mass is 15.1. The van der Waals surface area contributed by atoms with Crippen molar-refractivity contribution in [3.05, 3.63) is 0 Å². The molecule has 1 nitrogen and oxygen atoms in total. The third kappa shape index (κ3) is 5.89. The second-order valence-corrected chi connectivity index (χ2v) is 7.01. The molecule has 1 heteroatoms. The van der Waals surface area contributed by atoms with Gasteiger partial charge in [-0.3, -0.25) is 0 Å². The number of likely N-dealkylation sites (tertiary alicyclic amines) is 1. The van der Waals surface area contributed by atoms with Gasteiger partial charge in [0.1, 0.15) is 0 Å². The summed E-state index contributed by atoms with van der Waals surface area (Å²) in [5.74, 6) is 0.869. The van der Waals surface area contributed by atoms with E-state index in [1.807, 2.05) is 13.8 Å². The van der Waals surface area contributed by atoms with Crippen molar-refractivity contribution in [1.82, 2.24) is 4.90 Å². The van der Waals surface area contributed by atoms with Crippen LogP contribution in [0.5, 0.6) is 0 Å². The molecule has 0 aromatic carbocycles. The van der Waals surface area contributed by atoms with Gasteiger partial charge in [-0.05, 0) is 36.6 Å². The Morgan fingerprint density at radius 2 is 1.19 bits per heavy atom. The molecular formula is C15H33N. The molecule has 0 saturated carbocycles. The van der Waals surface area contributed by atoms with Crippen molar-refractivity contribution >= 4 is 0 Å². The van der Waals surface area contributed by atoms with Crippen molar-refractivity contribution in [3.8, 4) is 0 Å². The van der Waals surface area contributed by atoms with Gasteiger partial charge in [0.25, 0.3) is 0 Å². The molecule has 0 N–H and O–H groups in total. The van der Waals surface area contributed by atoms with E-state index in [1.54, 1.807) is 0 Å². The van der Waals surface area contributed by atoms with Gasteiger partial charge in [0.2, 0.25) is 0 Å². The summed E-state index contributed by atoms with van der Waals surface area (Å²) in [4.78, 5) is 2.51. The topological polar surface area (TPSA) is 3.24 Å². The van der Waals surface area contributed by atoms with Crippen LogP contribution in [0.1, 0.15) is 61.3 Å². The first-order valence-electron chi connectivity index (χ1n) is 6.89. The fourth-order valence-corrected chi connectivity index (χ4v) is 3.61. The summed E-state index contributed by atoms with van der Waals surface area (Å²) in [6, 6.07) is 0. The van der Waals surface area contributed by atoms with Gasteiger partial charge in [-0.25, -0.2) is 0 Å². The van der Waals surface area contributed by atoms with E-state index in [4.69, 9.17) is 0 Å². The molecule has 0 bridgehead atoms. The molecule has 0 amide bonds. The van der Waals surface area contributed by atoms with E-state index >= 15 is 0 Å². The first kappa shape index (κ1) is 16.0. The van der Waals surface area contributed by atoms with Gasteiger partial charge in [-0.15, -0.1) is 0 Å². The van der Waals surface area contributed by atoms with Crippen molar-refractivity contribution < 1.29 is 0 Å². The Bertz CT molecular complexity index is 156. The lowest BCUT2D eigenvalue weighted by Gasteiger charge is -2.42. The van der Waals surface area contributed by atoms with Crippen LogP contribution in [-0.2, 0) is 0 Å². The van der Waals surface area contributed by atoms with Gasteiger partial charge < -0.3 is 4.90 Å². The van der Waals surface area contributed by atoms with Crippen molar-refractivity contribution in [2.75, 3.05) is 20.1 Å². The van der Waals surface area contributed by atoms with Gasteiger partial charge in [-0.2, -0.15) is 0 Å². The maximum atomic E-state index is 2.51. The van der Waals surface area contributed by atoms with E-state index in [0.29, 0.717) is 10.8 Å². The van der Waals surface area contributed by atoms with Crippen LogP contribution in [0.3, 0.4) is 0 Å². The normalized spacial score (nSPS) is 26.2. The van der Waals surface area contributed by atoms with Gasteiger partial charge in [0.15, 0.2) is 0 Å². The third-order valence-electron chi connectivity index (χ3n) is 3.20. The molecule has 0 aromatic rings. The summed E-state index contributed by atoms with van der Waals surface area (Å²) in [5.41, 5.74) is 0.981. The van der Waals surface area contributed by atoms with Crippen LogP contribution in [0.15, 0.2) is 0 Å². The molecule has 1 aliphatic heterocycles. The highest BCUT2D eigenvalue weighted by Crippen LogP contribution is 2.37. The number of hydrogen-bond acceptors (Lipinski definition) is 1. The molecule has 0 radical (unpaired) electrons. The summed E-state index contributed by atoms with van der Waals surface area (Å²) >= 11 is 0. The van der Waals surface area contributed by atoms with Gasteiger partial charge in [0, 0.05) is 13.1 Å². The molecule has 16 heavy (non-hydrogen) atoms. The number of nitrogens with zero attached hydrogens (tertiary/aromatic N) is 1. The highest BCUT2D eigenvalue weighted by Gasteiger charge is 2.32. The van der Waals surface area contributed by atoms with E-state index in [9.17, 15) is 0 Å². The quantitative estimate of drug-likeness (QED) is 0.592. The largest absolute Gasteiger partial charge is 0.305 e. The van der Waals surface area contributed by atoms with Gasteiger partial charge in [-0.1, -0.05) is 48.5 Å². The lowest BCUT2D eigenvalue weighted by molar-refractivity contribution is 0.0804. The van der Waals surface area contributed by atoms with Crippen LogP contribution < -0.4 is 0 Å². The van der Waals surface area contributed by atoms with Crippen LogP contribution in [0.4, 0.5) is 0 Å². The van der Waals surface area contributed by atoms with Gasteiger partial charge in [0.05, 0.1) is 0 Å². The lowest BCUT2D eigenvalue weighted by Crippen LogP contribution is -2.42. The highest BCUT2D eigenvalue weighted by molar-refractivity contribution is 4.84. The summed E-state index contributed by atoms with van der Waals surface area (Å²) < 4.78 is 0. The van der Waals surface area contributed by atoms with Crippen molar-refractivity contribution in [1.29, 1.82) is 0 Å². The summed E-state index contributed by atoms with van der Waals surface area (Å²) in [7, 11) is 2.26. The predicted molar refractivity (Wildman–Crippen MR) is 74.8 cm³/mol. The van der Waals surface area contributed by atoms with Crippen molar-refractivity contribution in [2.24, 2.45) is 16.7 Å². The van der Waals surface area contributed by atoms with E-state index in [1.165, 1.54) is 25.9 Å². The van der Waals surface area contributed by atoms with E-state index in [-0.39, 0.29) is 0 Å². The zero-order valence-corrected chi connectivity index (χ0v) is 12.9. The Labute approximate surface area is 104 Å². The minimum Gasteiger partial charge on any atom is -0.305 e. The second-order valence-electron chi connectivity index (χ2n) is 7.01. The average Bonchev–Trinajstić information content (AvgIpc) is 1.99. The molecule has 1 saturated heterocycles. The SMILES string of the molecule is CC.CC1CC(C)(C)CN(C)CC(C)(C)C1. The zero-order chi connectivity index (χ0) is 13.0. The zero-order valence-electron chi connectivity index (χ0n) is 12.9. The van der Waals surface area contributed by atoms with Crippen molar-refractivity contribution in [3.63, 3.8) is 0 Å². The number of hydrogen-bond donors (Lipinski definition) is 0. The molecule has 0 spiro atoms. The van der Waals surface area contributed by atoms with E-state index in [2.05, 4.69) is 46.6 Å². The van der Waals surface area contributed by atoms with E-state index in [0.717, 1.165) is 5.92 Å². The van der Waals surface area contributed by atoms with Gasteiger partial charge >= 0.3 is 0 Å². The molecule has 1 heterocycles. The van der Waals surface area contributed by atoms with Crippen LogP contribution >= 0.6 is 0 Å². The molecular weight excluding hydrogens is 194 g/mol.